The van der Waals surface area contributed by atoms with E-state index in [9.17, 15) is 22.8 Å². The first-order valence-corrected chi connectivity index (χ1v) is 9.78. The summed E-state index contributed by atoms with van der Waals surface area (Å²) >= 11 is 1.17. The van der Waals surface area contributed by atoms with E-state index >= 15 is 0 Å². The van der Waals surface area contributed by atoms with Gasteiger partial charge in [-0.25, -0.2) is 4.98 Å². The molecule has 10 heteroatoms. The second kappa shape index (κ2) is 9.81. The Hall–Kier alpha value is -2.23. The van der Waals surface area contributed by atoms with Gasteiger partial charge < -0.3 is 14.6 Å². The Morgan fingerprint density at radius 2 is 2.07 bits per heavy atom. The number of alkyl halides is 3. The molecule has 1 heterocycles. The van der Waals surface area contributed by atoms with Gasteiger partial charge in [0.05, 0.1) is 29.5 Å². The van der Waals surface area contributed by atoms with Crippen LogP contribution in [0, 0.1) is 0 Å². The van der Waals surface area contributed by atoms with Crippen molar-refractivity contribution in [3.8, 4) is 0 Å². The van der Waals surface area contributed by atoms with Gasteiger partial charge in [0.2, 0.25) is 5.91 Å². The van der Waals surface area contributed by atoms with Gasteiger partial charge >= 0.3 is 12.1 Å². The predicted octanol–water partition coefficient (Wildman–Crippen LogP) is 3.63. The van der Waals surface area contributed by atoms with Crippen molar-refractivity contribution in [1.29, 1.82) is 0 Å². The number of nitrogens with zero attached hydrogens (tertiary/aromatic N) is 2. The number of hydrogen-bond donors (Lipinski definition) is 1. The summed E-state index contributed by atoms with van der Waals surface area (Å²) < 4.78 is 45.2. The van der Waals surface area contributed by atoms with Crippen LogP contribution < -0.4 is 5.32 Å². The van der Waals surface area contributed by atoms with Crippen LogP contribution in [0.25, 0.3) is 11.0 Å². The fourth-order valence-electron chi connectivity index (χ4n) is 2.57. The number of hydrogen-bond acceptors (Lipinski definition) is 5. The normalized spacial score (nSPS) is 11.6. The third kappa shape index (κ3) is 5.88. The molecule has 2 aromatic rings. The number of esters is 1. The molecule has 154 valence electrons. The molecule has 28 heavy (non-hydrogen) atoms. The first-order valence-electron chi connectivity index (χ1n) is 8.80. The summed E-state index contributed by atoms with van der Waals surface area (Å²) in [6.07, 6.45) is -3.02. The highest BCUT2D eigenvalue weighted by molar-refractivity contribution is 7.99. The second-order valence-corrected chi connectivity index (χ2v) is 7.01. The van der Waals surface area contributed by atoms with Crippen LogP contribution in [-0.4, -0.2) is 40.8 Å². The first kappa shape index (κ1) is 22.1. The number of aryl methyl sites for hydroxylation is 1. The standard InChI is InChI=1S/C18H22F3N3O3S/c1-3-9-24-14-10-12(18(19,20)21)6-7-13(14)23-17(24)28-11-15(25)22-8-4-5-16(26)27-2/h6-7,10H,3-5,8-9,11H2,1-2H3,(H,22,25). The molecule has 0 unspecified atom stereocenters. The molecule has 2 rings (SSSR count). The molecule has 1 aromatic carbocycles. The Morgan fingerprint density at radius 3 is 2.71 bits per heavy atom. The van der Waals surface area contributed by atoms with Crippen molar-refractivity contribution in [2.75, 3.05) is 19.4 Å². The molecule has 0 atom stereocenters. The van der Waals surface area contributed by atoms with Crippen molar-refractivity contribution >= 4 is 34.7 Å². The molecule has 6 nitrogen and oxygen atoms in total. The van der Waals surface area contributed by atoms with Gasteiger partial charge in [0.1, 0.15) is 0 Å². The number of methoxy groups -OCH3 is 1. The molecule has 1 aromatic heterocycles. The summed E-state index contributed by atoms with van der Waals surface area (Å²) in [6, 6.07) is 3.45. The number of imidazole rings is 1. The fraction of sp³-hybridized carbons (Fsp3) is 0.500. The van der Waals surface area contributed by atoms with Crippen LogP contribution in [0.2, 0.25) is 0 Å². The van der Waals surface area contributed by atoms with E-state index in [-0.39, 0.29) is 24.1 Å². The zero-order chi connectivity index (χ0) is 20.7. The lowest BCUT2D eigenvalue weighted by Gasteiger charge is -2.09. The van der Waals surface area contributed by atoms with Crippen molar-refractivity contribution in [2.45, 2.75) is 44.1 Å². The molecule has 0 aliphatic carbocycles. The average Bonchev–Trinajstić information content (AvgIpc) is 3.00. The predicted molar refractivity (Wildman–Crippen MR) is 100 cm³/mol. The highest BCUT2D eigenvalue weighted by Gasteiger charge is 2.31. The number of thioether (sulfide) groups is 1. The number of fused-ring (bicyclic) bond motifs is 1. The third-order valence-electron chi connectivity index (χ3n) is 3.93. The maximum atomic E-state index is 13.0. The van der Waals surface area contributed by atoms with Crippen molar-refractivity contribution < 1.29 is 27.5 Å². The molecular weight excluding hydrogens is 395 g/mol. The Morgan fingerprint density at radius 1 is 1.32 bits per heavy atom. The number of carbonyl (C=O) groups excluding carboxylic acids is 2. The van der Waals surface area contributed by atoms with Crippen LogP contribution in [0.3, 0.4) is 0 Å². The fourth-order valence-corrected chi connectivity index (χ4v) is 3.44. The minimum Gasteiger partial charge on any atom is -0.469 e. The number of amides is 1. The second-order valence-electron chi connectivity index (χ2n) is 6.07. The average molecular weight is 417 g/mol. The van der Waals surface area contributed by atoms with E-state index in [1.165, 1.54) is 24.9 Å². The van der Waals surface area contributed by atoms with Gasteiger partial charge in [-0.15, -0.1) is 0 Å². The number of benzene rings is 1. The monoisotopic (exact) mass is 417 g/mol. The van der Waals surface area contributed by atoms with Crippen molar-refractivity contribution in [3.63, 3.8) is 0 Å². The molecule has 1 N–H and O–H groups in total. The summed E-state index contributed by atoms with van der Waals surface area (Å²) in [7, 11) is 1.30. The van der Waals surface area contributed by atoms with Crippen LogP contribution in [0.15, 0.2) is 23.4 Å². The smallest absolute Gasteiger partial charge is 0.416 e. The van der Waals surface area contributed by atoms with Gasteiger partial charge in [-0.3, -0.25) is 9.59 Å². The van der Waals surface area contributed by atoms with E-state index in [2.05, 4.69) is 15.0 Å². The summed E-state index contributed by atoms with van der Waals surface area (Å²) in [6.45, 7) is 2.76. The minimum absolute atomic E-state index is 0.0807. The first-order chi connectivity index (χ1) is 13.3. The third-order valence-corrected chi connectivity index (χ3v) is 4.90. The Bertz CT molecular complexity index is 837. The molecular formula is C18H22F3N3O3S. The highest BCUT2D eigenvalue weighted by Crippen LogP contribution is 2.33. The van der Waals surface area contributed by atoms with Gasteiger partial charge in [-0.2, -0.15) is 13.2 Å². The Labute approximate surface area is 164 Å². The number of aromatic nitrogens is 2. The van der Waals surface area contributed by atoms with Gasteiger partial charge in [0.25, 0.3) is 0 Å². The molecule has 0 radical (unpaired) electrons. The maximum absolute atomic E-state index is 13.0. The van der Waals surface area contributed by atoms with Crippen LogP contribution in [0.5, 0.6) is 0 Å². The topological polar surface area (TPSA) is 73.2 Å². The summed E-state index contributed by atoms with van der Waals surface area (Å²) in [4.78, 5) is 27.4. The minimum atomic E-state index is -4.42. The van der Waals surface area contributed by atoms with E-state index in [1.807, 2.05) is 6.92 Å². The molecule has 0 fully saturated rings. The summed E-state index contributed by atoms with van der Waals surface area (Å²) in [5.41, 5.74) is 0.136. The van der Waals surface area contributed by atoms with Crippen molar-refractivity contribution in [3.05, 3.63) is 23.8 Å². The number of rotatable bonds is 9. The van der Waals surface area contributed by atoms with Crippen LogP contribution in [0.4, 0.5) is 13.2 Å². The lowest BCUT2D eigenvalue weighted by Crippen LogP contribution is -2.26. The van der Waals surface area contributed by atoms with E-state index in [0.29, 0.717) is 35.7 Å². The molecule has 0 spiro atoms. The Kier molecular flexibility index (Phi) is 7.73. The van der Waals surface area contributed by atoms with E-state index < -0.39 is 11.7 Å². The van der Waals surface area contributed by atoms with E-state index in [4.69, 9.17) is 0 Å². The van der Waals surface area contributed by atoms with Crippen LogP contribution in [-0.2, 0) is 27.0 Å². The highest BCUT2D eigenvalue weighted by atomic mass is 32.2. The molecule has 1 amide bonds. The maximum Gasteiger partial charge on any atom is 0.416 e. The molecule has 0 aliphatic heterocycles. The SMILES string of the molecule is CCCn1c(SCC(=O)NCCCC(=O)OC)nc2ccc(C(F)(F)F)cc21. The van der Waals surface area contributed by atoms with Crippen molar-refractivity contribution in [2.24, 2.45) is 0 Å². The van der Waals surface area contributed by atoms with Gasteiger partial charge in [-0.1, -0.05) is 18.7 Å². The van der Waals surface area contributed by atoms with Crippen molar-refractivity contribution in [1.82, 2.24) is 14.9 Å². The number of nitrogens with one attached hydrogen (secondary N) is 1. The quantitative estimate of drug-likeness (QED) is 0.383. The summed E-state index contributed by atoms with van der Waals surface area (Å²) in [5, 5.41) is 3.19. The van der Waals surface area contributed by atoms with Gasteiger partial charge in [0.15, 0.2) is 5.16 Å². The zero-order valence-electron chi connectivity index (χ0n) is 15.6. The lowest BCUT2D eigenvalue weighted by atomic mass is 10.2. The van der Waals surface area contributed by atoms with E-state index in [0.717, 1.165) is 18.6 Å². The van der Waals surface area contributed by atoms with E-state index in [1.54, 1.807) is 4.57 Å². The number of halogens is 3. The summed E-state index contributed by atoms with van der Waals surface area (Å²) in [5.74, 6) is -0.492. The molecule has 0 bridgehead atoms. The number of carbonyl (C=O) groups is 2. The van der Waals surface area contributed by atoms with Gasteiger partial charge in [0, 0.05) is 19.5 Å². The molecule has 0 aliphatic rings. The van der Waals surface area contributed by atoms with Crippen LogP contribution >= 0.6 is 11.8 Å². The number of ether oxygens (including phenoxy) is 1. The molecule has 0 saturated heterocycles. The lowest BCUT2D eigenvalue weighted by molar-refractivity contribution is -0.141. The zero-order valence-corrected chi connectivity index (χ0v) is 16.5. The largest absolute Gasteiger partial charge is 0.469 e. The Balaban J connectivity index is 2.04. The van der Waals surface area contributed by atoms with Gasteiger partial charge in [-0.05, 0) is 31.0 Å². The molecule has 0 saturated carbocycles. The van der Waals surface area contributed by atoms with Crippen LogP contribution in [0.1, 0.15) is 31.7 Å².